The van der Waals surface area contributed by atoms with Gasteiger partial charge in [0.25, 0.3) is 0 Å². The second-order valence-electron chi connectivity index (χ2n) is 6.98. The zero-order chi connectivity index (χ0) is 13.3. The van der Waals surface area contributed by atoms with Crippen molar-refractivity contribution in [2.75, 3.05) is 13.2 Å². The van der Waals surface area contributed by atoms with Gasteiger partial charge in [0.15, 0.2) is 0 Å². The van der Waals surface area contributed by atoms with Crippen LogP contribution in [0.25, 0.3) is 0 Å². The number of hydrogen-bond acceptors (Lipinski definition) is 3. The van der Waals surface area contributed by atoms with Crippen molar-refractivity contribution in [3.05, 3.63) is 0 Å². The maximum Gasteiger partial charge on any atom is 0.0771 e. The highest BCUT2D eigenvalue weighted by Gasteiger charge is 2.56. The molecule has 19 heavy (non-hydrogen) atoms. The monoisotopic (exact) mass is 267 g/mol. The van der Waals surface area contributed by atoms with Crippen molar-refractivity contribution < 1.29 is 9.84 Å². The fourth-order valence-electron chi connectivity index (χ4n) is 4.70. The Labute approximate surface area is 117 Å². The second-order valence-corrected chi connectivity index (χ2v) is 6.98. The van der Waals surface area contributed by atoms with Crippen molar-refractivity contribution >= 4 is 0 Å². The Hall–Kier alpha value is -0.120. The van der Waals surface area contributed by atoms with Crippen LogP contribution in [0.15, 0.2) is 0 Å². The van der Waals surface area contributed by atoms with Gasteiger partial charge in [0.05, 0.1) is 11.7 Å². The smallest absolute Gasteiger partial charge is 0.0771 e. The average Bonchev–Trinajstić information content (AvgIpc) is 3.03. The zero-order valence-electron chi connectivity index (χ0n) is 12.3. The van der Waals surface area contributed by atoms with Gasteiger partial charge in [0.1, 0.15) is 0 Å². The van der Waals surface area contributed by atoms with Crippen molar-refractivity contribution in [1.29, 1.82) is 0 Å². The van der Waals surface area contributed by atoms with Gasteiger partial charge >= 0.3 is 0 Å². The normalized spacial score (nSPS) is 35.7. The van der Waals surface area contributed by atoms with E-state index in [1.807, 2.05) is 0 Å². The summed E-state index contributed by atoms with van der Waals surface area (Å²) in [4.78, 5) is 0. The van der Waals surface area contributed by atoms with Crippen LogP contribution >= 0.6 is 0 Å². The van der Waals surface area contributed by atoms with E-state index in [-0.39, 0.29) is 0 Å². The minimum absolute atomic E-state index is 0.394. The summed E-state index contributed by atoms with van der Waals surface area (Å²) in [5, 5.41) is 14.2. The molecule has 3 rings (SSSR count). The van der Waals surface area contributed by atoms with Crippen LogP contribution in [0.5, 0.6) is 0 Å². The van der Waals surface area contributed by atoms with Crippen LogP contribution in [0.2, 0.25) is 0 Å². The maximum atomic E-state index is 10.5. The highest BCUT2D eigenvalue weighted by molar-refractivity contribution is 5.10. The molecule has 1 spiro atoms. The summed E-state index contributed by atoms with van der Waals surface area (Å²) in [5.41, 5.74) is -0.0263. The molecule has 0 radical (unpaired) electrons. The third-order valence-corrected chi connectivity index (χ3v) is 5.90. The minimum atomic E-state index is -0.420. The van der Waals surface area contributed by atoms with E-state index in [1.54, 1.807) is 0 Å². The Kier molecular flexibility index (Phi) is 3.89. The van der Waals surface area contributed by atoms with E-state index in [0.29, 0.717) is 17.6 Å². The zero-order valence-corrected chi connectivity index (χ0v) is 12.3. The van der Waals surface area contributed by atoms with Crippen molar-refractivity contribution in [3.8, 4) is 0 Å². The summed E-state index contributed by atoms with van der Waals surface area (Å²) in [6, 6.07) is 0.580. The third kappa shape index (κ3) is 2.45. The molecule has 2 atom stereocenters. The molecule has 0 saturated heterocycles. The Balaban J connectivity index is 1.56. The lowest BCUT2D eigenvalue weighted by Gasteiger charge is -2.54. The van der Waals surface area contributed by atoms with Gasteiger partial charge in [-0.2, -0.15) is 0 Å². The van der Waals surface area contributed by atoms with E-state index in [4.69, 9.17) is 4.74 Å². The number of hydrogen-bond donors (Lipinski definition) is 2. The Morgan fingerprint density at radius 1 is 1.11 bits per heavy atom. The quantitative estimate of drug-likeness (QED) is 0.804. The lowest BCUT2D eigenvalue weighted by molar-refractivity contribution is -0.133. The SMILES string of the molecule is CCOC1CC(NCC2(O)CCCC2)C12CCCC2. The molecule has 3 aliphatic rings. The standard InChI is InChI=1S/C16H29NO2/c1-2-19-14-11-13(16(14)9-5-6-10-16)17-12-15(18)7-3-4-8-15/h13-14,17-18H,2-12H2,1H3. The van der Waals surface area contributed by atoms with Crippen molar-refractivity contribution in [1.82, 2.24) is 5.32 Å². The summed E-state index contributed by atoms with van der Waals surface area (Å²) < 4.78 is 5.94. The highest BCUT2D eigenvalue weighted by Crippen LogP contribution is 2.54. The van der Waals surface area contributed by atoms with Crippen molar-refractivity contribution in [2.45, 2.75) is 82.5 Å². The first-order chi connectivity index (χ1) is 9.19. The molecule has 3 saturated carbocycles. The van der Waals surface area contributed by atoms with Crippen LogP contribution in [0.3, 0.4) is 0 Å². The first kappa shape index (κ1) is 13.8. The number of ether oxygens (including phenoxy) is 1. The van der Waals surface area contributed by atoms with E-state index in [0.717, 1.165) is 32.4 Å². The highest BCUT2D eigenvalue weighted by atomic mass is 16.5. The molecule has 0 aliphatic heterocycles. The van der Waals surface area contributed by atoms with Crippen LogP contribution in [-0.4, -0.2) is 36.0 Å². The molecule has 2 unspecified atom stereocenters. The summed E-state index contributed by atoms with van der Waals surface area (Å²) in [5.74, 6) is 0. The molecule has 0 amide bonds. The van der Waals surface area contributed by atoms with Crippen molar-refractivity contribution in [3.63, 3.8) is 0 Å². The first-order valence-corrected chi connectivity index (χ1v) is 8.26. The molecule has 2 N–H and O–H groups in total. The van der Waals surface area contributed by atoms with Crippen LogP contribution in [0.1, 0.15) is 64.7 Å². The van der Waals surface area contributed by atoms with E-state index in [1.165, 1.54) is 38.5 Å². The molecule has 0 aromatic heterocycles. The summed E-state index contributed by atoms with van der Waals surface area (Å²) in [6.07, 6.45) is 11.3. The Morgan fingerprint density at radius 2 is 1.74 bits per heavy atom. The van der Waals surface area contributed by atoms with Gasteiger partial charge in [-0.25, -0.2) is 0 Å². The second kappa shape index (κ2) is 5.34. The van der Waals surface area contributed by atoms with E-state index < -0.39 is 5.60 Å². The minimum Gasteiger partial charge on any atom is -0.389 e. The molecule has 0 heterocycles. The van der Waals surface area contributed by atoms with Crippen LogP contribution in [-0.2, 0) is 4.74 Å². The van der Waals surface area contributed by atoms with Crippen LogP contribution in [0, 0.1) is 5.41 Å². The average molecular weight is 267 g/mol. The van der Waals surface area contributed by atoms with Gasteiger partial charge in [0.2, 0.25) is 0 Å². The molecule has 3 nitrogen and oxygen atoms in total. The molecule has 0 aromatic carbocycles. The van der Waals surface area contributed by atoms with Gasteiger partial charge in [-0.15, -0.1) is 0 Å². The lowest BCUT2D eigenvalue weighted by atomic mass is 9.60. The molecule has 0 aromatic rings. The Bertz CT molecular complexity index is 306. The summed E-state index contributed by atoms with van der Waals surface area (Å²) in [7, 11) is 0. The van der Waals surface area contributed by atoms with Crippen LogP contribution < -0.4 is 5.32 Å². The molecule has 3 aliphatic carbocycles. The van der Waals surface area contributed by atoms with Gasteiger partial charge in [-0.1, -0.05) is 25.7 Å². The number of rotatable bonds is 5. The van der Waals surface area contributed by atoms with E-state index in [9.17, 15) is 5.11 Å². The Morgan fingerprint density at radius 3 is 2.37 bits per heavy atom. The fraction of sp³-hybridized carbons (Fsp3) is 1.00. The summed E-state index contributed by atoms with van der Waals surface area (Å²) >= 11 is 0. The van der Waals surface area contributed by atoms with Gasteiger partial charge in [-0.3, -0.25) is 0 Å². The molecule has 3 fully saturated rings. The predicted octanol–water partition coefficient (Wildman–Crippen LogP) is 2.62. The summed E-state index contributed by atoms with van der Waals surface area (Å²) in [6.45, 7) is 3.73. The predicted molar refractivity (Wildman–Crippen MR) is 76.1 cm³/mol. The third-order valence-electron chi connectivity index (χ3n) is 5.90. The van der Waals surface area contributed by atoms with Gasteiger partial charge in [-0.05, 0) is 39.0 Å². The number of nitrogens with one attached hydrogen (secondary N) is 1. The number of aliphatic hydroxyl groups is 1. The van der Waals surface area contributed by atoms with Gasteiger partial charge < -0.3 is 15.2 Å². The van der Waals surface area contributed by atoms with Crippen LogP contribution in [0.4, 0.5) is 0 Å². The van der Waals surface area contributed by atoms with E-state index in [2.05, 4.69) is 12.2 Å². The van der Waals surface area contributed by atoms with Gasteiger partial charge in [0, 0.05) is 24.6 Å². The largest absolute Gasteiger partial charge is 0.389 e. The molecule has 0 bridgehead atoms. The topological polar surface area (TPSA) is 41.5 Å². The van der Waals surface area contributed by atoms with Crippen molar-refractivity contribution in [2.24, 2.45) is 5.41 Å². The lowest BCUT2D eigenvalue weighted by Crippen LogP contribution is -2.64. The fourth-order valence-corrected chi connectivity index (χ4v) is 4.70. The molecule has 110 valence electrons. The van der Waals surface area contributed by atoms with E-state index >= 15 is 0 Å². The molecular formula is C16H29NO2. The maximum absolute atomic E-state index is 10.5. The molecular weight excluding hydrogens is 238 g/mol. The molecule has 3 heteroatoms. The first-order valence-electron chi connectivity index (χ1n) is 8.26.